The van der Waals surface area contributed by atoms with E-state index < -0.39 is 24.5 Å². The lowest BCUT2D eigenvalue weighted by molar-refractivity contribution is -0.119. The number of hydrogen-bond acceptors (Lipinski definition) is 8. The van der Waals surface area contributed by atoms with Gasteiger partial charge in [-0.1, -0.05) is 51.0 Å². The predicted octanol–water partition coefficient (Wildman–Crippen LogP) is 7.85. The Kier molecular flexibility index (Phi) is 10.1. The first-order valence-electron chi connectivity index (χ1n) is 15.8. The number of allylic oxidation sites excluding steroid dienone is 3. The number of fused-ring (bicyclic) bond motifs is 5. The van der Waals surface area contributed by atoms with Crippen LogP contribution in [0, 0.1) is 40.4 Å². The highest BCUT2D eigenvalue weighted by molar-refractivity contribution is 5.61. The first-order chi connectivity index (χ1) is 19.8. The highest BCUT2D eigenvalue weighted by Crippen LogP contribution is 2.66. The van der Waals surface area contributed by atoms with Crippen LogP contribution >= 0.6 is 0 Å². The minimum Gasteiger partial charge on any atom is -0.438 e. The van der Waals surface area contributed by atoms with Crippen LogP contribution in [-0.4, -0.2) is 58.2 Å². The summed E-state index contributed by atoms with van der Waals surface area (Å²) < 4.78 is 32.2. The van der Waals surface area contributed by atoms with Crippen molar-refractivity contribution in [1.29, 1.82) is 0 Å². The van der Waals surface area contributed by atoms with E-state index in [9.17, 15) is 9.59 Å². The van der Waals surface area contributed by atoms with Crippen LogP contribution in [0.3, 0.4) is 0 Å². The van der Waals surface area contributed by atoms with Crippen molar-refractivity contribution in [3.8, 4) is 0 Å². The van der Waals surface area contributed by atoms with Gasteiger partial charge < -0.3 is 28.4 Å². The molecule has 0 N–H and O–H groups in total. The first-order valence-corrected chi connectivity index (χ1v) is 15.8. The summed E-state index contributed by atoms with van der Waals surface area (Å²) in [6, 6.07) is 0. The van der Waals surface area contributed by atoms with Gasteiger partial charge in [-0.05, 0) is 87.4 Å². The van der Waals surface area contributed by atoms with E-state index in [1.165, 1.54) is 38.2 Å². The standard InChI is InChI=1S/C34H54O8/c1-21(14-16-32(3,4)40-20-37-7)22(2)26-12-13-27-25-11-10-23-18-24(41-30(35)38-8)19-29(42-31(36)39-9)34(23,6)28(25)15-17-33(26,27)5/h10-11,21-22,24,26-29H,12-20H2,1-9H3/t21-,22-,24+,26+,27-,28-,29-,33+,34-/m0/s1. The zero-order chi connectivity index (χ0) is 30.9. The van der Waals surface area contributed by atoms with Crippen LogP contribution in [0.2, 0.25) is 0 Å². The molecule has 3 fully saturated rings. The van der Waals surface area contributed by atoms with Crippen LogP contribution in [0.15, 0.2) is 23.3 Å². The van der Waals surface area contributed by atoms with E-state index in [1.807, 2.05) is 0 Å². The van der Waals surface area contributed by atoms with Crippen LogP contribution in [0.5, 0.6) is 0 Å². The van der Waals surface area contributed by atoms with Crippen molar-refractivity contribution in [2.45, 2.75) is 111 Å². The van der Waals surface area contributed by atoms with E-state index in [1.54, 1.807) is 7.11 Å². The fourth-order valence-electron chi connectivity index (χ4n) is 9.04. The van der Waals surface area contributed by atoms with E-state index in [4.69, 9.17) is 28.4 Å². The first kappa shape index (κ1) is 32.8. The molecule has 4 rings (SSSR count). The smallest absolute Gasteiger partial charge is 0.438 e. The van der Waals surface area contributed by atoms with Crippen LogP contribution in [-0.2, 0) is 28.4 Å². The number of methoxy groups -OCH3 is 3. The number of carbonyl (C=O) groups is 2. The van der Waals surface area contributed by atoms with Gasteiger partial charge in [-0.3, -0.25) is 0 Å². The van der Waals surface area contributed by atoms with Crippen LogP contribution in [0.25, 0.3) is 0 Å². The van der Waals surface area contributed by atoms with Gasteiger partial charge in [-0.25, -0.2) is 9.59 Å². The van der Waals surface area contributed by atoms with E-state index in [0.717, 1.165) is 25.7 Å². The molecule has 0 heterocycles. The fraction of sp³-hybridized carbons (Fsp3) is 0.824. The maximum atomic E-state index is 12.4. The highest BCUT2D eigenvalue weighted by Gasteiger charge is 2.60. The van der Waals surface area contributed by atoms with E-state index in [0.29, 0.717) is 43.3 Å². The van der Waals surface area contributed by atoms with Crippen molar-refractivity contribution in [1.82, 2.24) is 0 Å². The molecule has 4 aliphatic carbocycles. The molecule has 3 saturated carbocycles. The molecular formula is C34H54O8. The third-order valence-electron chi connectivity index (χ3n) is 11.8. The van der Waals surface area contributed by atoms with Gasteiger partial charge >= 0.3 is 12.3 Å². The Morgan fingerprint density at radius 3 is 2.33 bits per heavy atom. The van der Waals surface area contributed by atoms with Crippen molar-refractivity contribution < 1.29 is 38.0 Å². The summed E-state index contributed by atoms with van der Waals surface area (Å²) in [7, 11) is 4.31. The Balaban J connectivity index is 1.54. The molecule has 0 saturated heterocycles. The van der Waals surface area contributed by atoms with Gasteiger partial charge in [0.25, 0.3) is 0 Å². The Morgan fingerprint density at radius 1 is 0.976 bits per heavy atom. The molecule has 4 aliphatic rings. The summed E-state index contributed by atoms with van der Waals surface area (Å²) in [5.41, 5.74) is 2.35. The number of carbonyl (C=O) groups excluding carboxylic acids is 2. The monoisotopic (exact) mass is 590 g/mol. The largest absolute Gasteiger partial charge is 0.508 e. The molecule has 42 heavy (non-hydrogen) atoms. The van der Waals surface area contributed by atoms with Gasteiger partial charge in [-0.15, -0.1) is 0 Å². The van der Waals surface area contributed by atoms with Crippen molar-refractivity contribution in [2.75, 3.05) is 28.1 Å². The fourth-order valence-corrected chi connectivity index (χ4v) is 9.04. The molecule has 0 spiro atoms. The lowest BCUT2D eigenvalue weighted by Crippen LogP contribution is -2.54. The molecule has 8 heteroatoms. The third kappa shape index (κ3) is 6.26. The molecule has 0 aromatic carbocycles. The molecule has 0 aromatic heterocycles. The topological polar surface area (TPSA) is 89.5 Å². The lowest BCUT2D eigenvalue weighted by atomic mass is 9.49. The van der Waals surface area contributed by atoms with Gasteiger partial charge in [0.15, 0.2) is 0 Å². The second kappa shape index (κ2) is 12.9. The van der Waals surface area contributed by atoms with Crippen molar-refractivity contribution in [2.24, 2.45) is 40.4 Å². The Bertz CT molecular complexity index is 1050. The van der Waals surface area contributed by atoms with Crippen molar-refractivity contribution in [3.63, 3.8) is 0 Å². The minimum atomic E-state index is -0.715. The minimum absolute atomic E-state index is 0.194. The molecule has 8 nitrogen and oxygen atoms in total. The SMILES string of the molecule is COCOC(C)(C)CC[C@H](C)[C@H](C)[C@H]1CC[C@H]2C3=CC=C4C[C@@H](OC(=O)OC)C[C@H](OC(=O)OC)[C@]4(C)[C@H]3CC[C@]12C. The molecule has 0 unspecified atom stereocenters. The Hall–Kier alpha value is -2.06. The van der Waals surface area contributed by atoms with Gasteiger partial charge in [-0.2, -0.15) is 0 Å². The van der Waals surface area contributed by atoms with Gasteiger partial charge in [0, 0.05) is 25.4 Å². The lowest BCUT2D eigenvalue weighted by Gasteiger charge is -2.57. The molecule has 9 atom stereocenters. The number of hydrogen-bond donors (Lipinski definition) is 0. The molecule has 238 valence electrons. The average molecular weight is 591 g/mol. The second-order valence-corrected chi connectivity index (χ2v) is 14.4. The zero-order valence-electron chi connectivity index (χ0n) is 27.3. The van der Waals surface area contributed by atoms with Crippen molar-refractivity contribution in [3.05, 3.63) is 23.3 Å². The van der Waals surface area contributed by atoms with Gasteiger partial charge in [0.2, 0.25) is 0 Å². The summed E-state index contributed by atoms with van der Waals surface area (Å²) in [5.74, 6) is 2.65. The summed E-state index contributed by atoms with van der Waals surface area (Å²) in [6.45, 7) is 14.3. The van der Waals surface area contributed by atoms with Gasteiger partial charge in [0.05, 0.1) is 19.8 Å². The summed E-state index contributed by atoms with van der Waals surface area (Å²) in [5, 5.41) is 0. The molecule has 0 bridgehead atoms. The van der Waals surface area contributed by atoms with E-state index >= 15 is 0 Å². The maximum absolute atomic E-state index is 12.4. The van der Waals surface area contributed by atoms with E-state index in [2.05, 4.69) is 53.7 Å². The molecule has 0 aliphatic heterocycles. The summed E-state index contributed by atoms with van der Waals surface area (Å²) in [6.07, 6.45) is 10.1. The molecular weight excluding hydrogens is 536 g/mol. The second-order valence-electron chi connectivity index (χ2n) is 14.4. The van der Waals surface area contributed by atoms with Crippen LogP contribution < -0.4 is 0 Å². The normalized spacial score (nSPS) is 35.4. The average Bonchev–Trinajstić information content (AvgIpc) is 3.32. The van der Waals surface area contributed by atoms with Gasteiger partial charge in [0.1, 0.15) is 19.0 Å². The quantitative estimate of drug-likeness (QED) is 0.188. The predicted molar refractivity (Wildman–Crippen MR) is 160 cm³/mol. The van der Waals surface area contributed by atoms with Crippen molar-refractivity contribution >= 4 is 12.3 Å². The number of ether oxygens (including phenoxy) is 6. The van der Waals surface area contributed by atoms with E-state index in [-0.39, 0.29) is 22.3 Å². The molecule has 0 aromatic rings. The highest BCUT2D eigenvalue weighted by atomic mass is 16.7. The Labute approximate surface area is 252 Å². The molecule has 0 radical (unpaired) electrons. The third-order valence-corrected chi connectivity index (χ3v) is 11.8. The zero-order valence-corrected chi connectivity index (χ0v) is 27.3. The Morgan fingerprint density at radius 2 is 1.67 bits per heavy atom. The maximum Gasteiger partial charge on any atom is 0.508 e. The van der Waals surface area contributed by atoms with Crippen LogP contribution in [0.4, 0.5) is 9.59 Å². The van der Waals surface area contributed by atoms with Crippen LogP contribution in [0.1, 0.15) is 92.9 Å². The summed E-state index contributed by atoms with van der Waals surface area (Å²) in [4.78, 5) is 24.3. The summed E-state index contributed by atoms with van der Waals surface area (Å²) >= 11 is 0. The molecule has 0 amide bonds. The number of rotatable bonds is 10.